The summed E-state index contributed by atoms with van der Waals surface area (Å²) < 4.78 is 0. The number of hydrogen-bond acceptors (Lipinski definition) is 4. The highest BCUT2D eigenvalue weighted by atomic mass is 16.3. The quantitative estimate of drug-likeness (QED) is 0.890. The molecule has 0 radical (unpaired) electrons. The van der Waals surface area contributed by atoms with Crippen LogP contribution in [0.15, 0.2) is 24.3 Å². The molecule has 0 aromatic heterocycles. The number of benzene rings is 1. The minimum absolute atomic E-state index is 0.177. The molecule has 2 heterocycles. The molecule has 24 heavy (non-hydrogen) atoms. The Kier molecular flexibility index (Phi) is 5.61. The molecule has 5 nitrogen and oxygen atoms in total. The van der Waals surface area contributed by atoms with Crippen molar-refractivity contribution >= 4 is 17.3 Å². The third kappa shape index (κ3) is 4.01. The Morgan fingerprint density at radius 2 is 1.92 bits per heavy atom. The zero-order valence-electron chi connectivity index (χ0n) is 14.6. The van der Waals surface area contributed by atoms with Crippen LogP contribution in [-0.4, -0.2) is 54.2 Å². The zero-order valence-corrected chi connectivity index (χ0v) is 14.6. The van der Waals surface area contributed by atoms with E-state index >= 15 is 0 Å². The summed E-state index contributed by atoms with van der Waals surface area (Å²) in [4.78, 5) is 16.8. The topological polar surface area (TPSA) is 55.8 Å². The van der Waals surface area contributed by atoms with Gasteiger partial charge >= 0.3 is 0 Å². The molecule has 3 rings (SSSR count). The summed E-state index contributed by atoms with van der Waals surface area (Å²) in [6, 6.07) is 8.51. The Balaban J connectivity index is 1.62. The molecule has 1 amide bonds. The number of carbonyl (C=O) groups is 1. The number of rotatable bonds is 4. The van der Waals surface area contributed by atoms with Gasteiger partial charge in [-0.3, -0.25) is 4.79 Å². The molecule has 0 bridgehead atoms. The average Bonchev–Trinajstić information content (AvgIpc) is 2.61. The van der Waals surface area contributed by atoms with Gasteiger partial charge in [0.05, 0.1) is 24.0 Å². The highest BCUT2D eigenvalue weighted by molar-refractivity contribution is 5.83. The van der Waals surface area contributed by atoms with E-state index in [2.05, 4.69) is 23.2 Å². The number of amides is 1. The van der Waals surface area contributed by atoms with Crippen LogP contribution >= 0.6 is 0 Å². The van der Waals surface area contributed by atoms with Crippen molar-refractivity contribution in [3.8, 4) is 0 Å². The fraction of sp³-hybridized carbons (Fsp3) is 0.632. The van der Waals surface area contributed by atoms with Gasteiger partial charge in [0.1, 0.15) is 0 Å². The largest absolute Gasteiger partial charge is 0.393 e. The first-order valence-electron chi connectivity index (χ1n) is 9.20. The minimum Gasteiger partial charge on any atom is -0.393 e. The summed E-state index contributed by atoms with van der Waals surface area (Å²) in [5.41, 5.74) is 2.13. The van der Waals surface area contributed by atoms with E-state index in [1.54, 1.807) is 0 Å². The number of nitrogens with one attached hydrogen (secondary N) is 1. The summed E-state index contributed by atoms with van der Waals surface area (Å²) in [5, 5.41) is 13.0. The Labute approximate surface area is 144 Å². The van der Waals surface area contributed by atoms with Crippen molar-refractivity contribution in [1.29, 1.82) is 0 Å². The second-order valence-corrected chi connectivity index (χ2v) is 7.02. The first-order chi connectivity index (χ1) is 11.6. The SMILES string of the molecule is CC1CCCCN1C(=O)CNc1ccccc1N1CCC(O)CC1. The van der Waals surface area contributed by atoms with E-state index in [9.17, 15) is 9.90 Å². The number of likely N-dealkylation sites (tertiary alicyclic amines) is 1. The number of carbonyl (C=O) groups excluding carboxylic acids is 1. The second kappa shape index (κ2) is 7.88. The number of hydrogen-bond donors (Lipinski definition) is 2. The van der Waals surface area contributed by atoms with Crippen LogP contribution < -0.4 is 10.2 Å². The lowest BCUT2D eigenvalue weighted by molar-refractivity contribution is -0.132. The predicted molar refractivity (Wildman–Crippen MR) is 97.4 cm³/mol. The van der Waals surface area contributed by atoms with Crippen LogP contribution in [0.4, 0.5) is 11.4 Å². The number of anilines is 2. The Morgan fingerprint density at radius 1 is 1.17 bits per heavy atom. The van der Waals surface area contributed by atoms with Gasteiger partial charge in [-0.05, 0) is 51.2 Å². The molecule has 5 heteroatoms. The molecule has 132 valence electrons. The van der Waals surface area contributed by atoms with Gasteiger partial charge in [-0.25, -0.2) is 0 Å². The van der Waals surface area contributed by atoms with Gasteiger partial charge in [-0.2, -0.15) is 0 Å². The van der Waals surface area contributed by atoms with Crippen molar-refractivity contribution < 1.29 is 9.90 Å². The molecule has 1 aromatic rings. The third-order valence-corrected chi connectivity index (χ3v) is 5.26. The summed E-state index contributed by atoms with van der Waals surface area (Å²) in [5.74, 6) is 0.186. The number of piperidine rings is 2. The van der Waals surface area contributed by atoms with Crippen molar-refractivity contribution in [3.05, 3.63) is 24.3 Å². The molecule has 1 atom stereocenters. The first kappa shape index (κ1) is 17.1. The summed E-state index contributed by atoms with van der Waals surface area (Å²) in [6.07, 6.45) is 4.88. The summed E-state index contributed by atoms with van der Waals surface area (Å²) in [7, 11) is 0. The fourth-order valence-corrected chi connectivity index (χ4v) is 3.75. The maximum atomic E-state index is 12.5. The van der Waals surface area contributed by atoms with E-state index in [0.717, 1.165) is 56.7 Å². The highest BCUT2D eigenvalue weighted by Gasteiger charge is 2.23. The van der Waals surface area contributed by atoms with E-state index in [0.29, 0.717) is 12.6 Å². The maximum absolute atomic E-state index is 12.5. The van der Waals surface area contributed by atoms with Crippen molar-refractivity contribution in [3.63, 3.8) is 0 Å². The van der Waals surface area contributed by atoms with E-state index in [1.807, 2.05) is 23.1 Å². The van der Waals surface area contributed by atoms with Gasteiger partial charge in [-0.15, -0.1) is 0 Å². The third-order valence-electron chi connectivity index (χ3n) is 5.26. The van der Waals surface area contributed by atoms with Gasteiger partial charge in [-0.1, -0.05) is 12.1 Å². The Morgan fingerprint density at radius 3 is 2.67 bits per heavy atom. The molecule has 0 aliphatic carbocycles. The van der Waals surface area contributed by atoms with Crippen molar-refractivity contribution in [1.82, 2.24) is 4.90 Å². The van der Waals surface area contributed by atoms with Crippen LogP contribution in [0.5, 0.6) is 0 Å². The fourth-order valence-electron chi connectivity index (χ4n) is 3.75. The van der Waals surface area contributed by atoms with Crippen LogP contribution in [0.25, 0.3) is 0 Å². The predicted octanol–water partition coefficient (Wildman–Crippen LogP) is 2.46. The Hall–Kier alpha value is -1.75. The van der Waals surface area contributed by atoms with E-state index < -0.39 is 0 Å². The van der Waals surface area contributed by atoms with Gasteiger partial charge in [0, 0.05) is 25.7 Å². The van der Waals surface area contributed by atoms with Crippen LogP contribution in [0.1, 0.15) is 39.0 Å². The summed E-state index contributed by atoms with van der Waals surface area (Å²) >= 11 is 0. The molecule has 2 N–H and O–H groups in total. The monoisotopic (exact) mass is 331 g/mol. The Bertz CT molecular complexity index is 555. The molecule has 0 spiro atoms. The lowest BCUT2D eigenvalue weighted by Gasteiger charge is -2.34. The van der Waals surface area contributed by atoms with E-state index in [1.165, 1.54) is 6.42 Å². The van der Waals surface area contributed by atoms with Crippen molar-refractivity contribution in [2.75, 3.05) is 36.4 Å². The maximum Gasteiger partial charge on any atom is 0.242 e. The molecule has 0 saturated carbocycles. The zero-order chi connectivity index (χ0) is 16.9. The molecule has 1 aromatic carbocycles. The molecule has 2 aliphatic rings. The number of aliphatic hydroxyl groups excluding tert-OH is 1. The molecule has 2 fully saturated rings. The van der Waals surface area contributed by atoms with Crippen LogP contribution in [-0.2, 0) is 4.79 Å². The van der Waals surface area contributed by atoms with Crippen LogP contribution in [0, 0.1) is 0 Å². The van der Waals surface area contributed by atoms with Crippen LogP contribution in [0.3, 0.4) is 0 Å². The van der Waals surface area contributed by atoms with Gasteiger partial charge in [0.15, 0.2) is 0 Å². The lowest BCUT2D eigenvalue weighted by Crippen LogP contribution is -2.44. The molecule has 2 aliphatic heterocycles. The molecular formula is C19H29N3O2. The van der Waals surface area contributed by atoms with Gasteiger partial charge < -0.3 is 20.2 Å². The first-order valence-corrected chi connectivity index (χ1v) is 9.20. The van der Waals surface area contributed by atoms with Crippen molar-refractivity contribution in [2.24, 2.45) is 0 Å². The molecule has 1 unspecified atom stereocenters. The van der Waals surface area contributed by atoms with E-state index in [-0.39, 0.29) is 12.0 Å². The smallest absolute Gasteiger partial charge is 0.242 e. The summed E-state index contributed by atoms with van der Waals surface area (Å²) in [6.45, 7) is 5.09. The van der Waals surface area contributed by atoms with Crippen LogP contribution in [0.2, 0.25) is 0 Å². The number of para-hydroxylation sites is 2. The van der Waals surface area contributed by atoms with E-state index in [4.69, 9.17) is 0 Å². The number of nitrogens with zero attached hydrogens (tertiary/aromatic N) is 2. The number of aliphatic hydroxyl groups is 1. The standard InChI is InChI=1S/C19H29N3O2/c1-15-6-4-5-11-22(15)19(24)14-20-17-7-2-3-8-18(17)21-12-9-16(23)10-13-21/h2-3,7-8,15-16,20,23H,4-6,9-14H2,1H3. The van der Waals surface area contributed by atoms with Crippen molar-refractivity contribution in [2.45, 2.75) is 51.2 Å². The molecule has 2 saturated heterocycles. The average molecular weight is 331 g/mol. The second-order valence-electron chi connectivity index (χ2n) is 7.02. The normalized spacial score (nSPS) is 22.5. The van der Waals surface area contributed by atoms with Gasteiger partial charge in [0.2, 0.25) is 5.91 Å². The molecular weight excluding hydrogens is 302 g/mol. The lowest BCUT2D eigenvalue weighted by atomic mass is 10.0. The highest BCUT2D eigenvalue weighted by Crippen LogP contribution is 2.28. The minimum atomic E-state index is -0.177. The van der Waals surface area contributed by atoms with Gasteiger partial charge in [0.25, 0.3) is 0 Å².